The van der Waals surface area contributed by atoms with Crippen LogP contribution in [0.1, 0.15) is 6.92 Å². The standard InChI is InChI=1S/C36H56N2O15/c1-32(39)37-33-2-6-35(7-3-33)52-30-28-50-26-24-48-22-20-46-18-16-44-14-12-42-10-11-43-13-15-45-17-19-47-21-23-49-25-27-51-29-31-53-36-8-4-34(5-9-36)38(40)41/h2-9H,10-31H2,1H3,(H,37,39). The predicted molar refractivity (Wildman–Crippen MR) is 193 cm³/mol. The van der Waals surface area contributed by atoms with Crippen molar-refractivity contribution in [3.8, 4) is 11.5 Å². The van der Waals surface area contributed by atoms with Crippen molar-refractivity contribution >= 4 is 17.3 Å². The monoisotopic (exact) mass is 756 g/mol. The minimum absolute atomic E-state index is 0.0219. The maximum Gasteiger partial charge on any atom is 0.269 e. The summed E-state index contributed by atoms with van der Waals surface area (Å²) in [6, 6.07) is 13.1. The predicted octanol–water partition coefficient (Wildman–Crippen LogP) is 3.18. The zero-order valence-corrected chi connectivity index (χ0v) is 30.7. The Balaban J connectivity index is 1.17. The number of non-ortho nitro benzene ring substituents is 1. The maximum atomic E-state index is 11.0. The second kappa shape index (κ2) is 33.1. The fourth-order valence-electron chi connectivity index (χ4n) is 4.02. The highest BCUT2D eigenvalue weighted by atomic mass is 16.6. The molecule has 0 saturated heterocycles. The number of amides is 1. The van der Waals surface area contributed by atoms with E-state index in [4.69, 9.17) is 56.8 Å². The number of nitrogens with one attached hydrogen (secondary N) is 1. The van der Waals surface area contributed by atoms with E-state index in [-0.39, 0.29) is 11.6 Å². The molecule has 0 aliphatic carbocycles. The molecule has 53 heavy (non-hydrogen) atoms. The molecule has 0 bridgehead atoms. The topological polar surface area (TPSA) is 183 Å². The number of nitro benzene ring substituents is 1. The third-order valence-electron chi connectivity index (χ3n) is 6.56. The third-order valence-corrected chi connectivity index (χ3v) is 6.56. The normalized spacial score (nSPS) is 11.1. The van der Waals surface area contributed by atoms with Crippen LogP contribution in [0.4, 0.5) is 11.4 Å². The first-order chi connectivity index (χ1) is 26.0. The van der Waals surface area contributed by atoms with Crippen LogP contribution >= 0.6 is 0 Å². The van der Waals surface area contributed by atoms with E-state index in [1.807, 2.05) is 0 Å². The highest BCUT2D eigenvalue weighted by Crippen LogP contribution is 2.17. The second-order valence-electron chi connectivity index (χ2n) is 10.8. The molecule has 17 nitrogen and oxygen atoms in total. The molecule has 1 amide bonds. The van der Waals surface area contributed by atoms with Gasteiger partial charge < -0.3 is 62.2 Å². The van der Waals surface area contributed by atoms with Crippen molar-refractivity contribution in [2.24, 2.45) is 0 Å². The Morgan fingerprint density at radius 2 is 0.698 bits per heavy atom. The number of carbonyl (C=O) groups is 1. The summed E-state index contributed by atoms with van der Waals surface area (Å²) in [5, 5.41) is 13.4. The highest BCUT2D eigenvalue weighted by molar-refractivity contribution is 5.88. The third kappa shape index (κ3) is 27.7. The zero-order chi connectivity index (χ0) is 37.9. The van der Waals surface area contributed by atoms with Crippen LogP contribution in [-0.4, -0.2) is 156 Å². The van der Waals surface area contributed by atoms with E-state index < -0.39 is 4.92 Å². The fourth-order valence-corrected chi connectivity index (χ4v) is 4.02. The van der Waals surface area contributed by atoms with Gasteiger partial charge in [0.05, 0.1) is 137 Å². The van der Waals surface area contributed by atoms with Crippen molar-refractivity contribution in [3.05, 3.63) is 58.6 Å². The Bertz CT molecular complexity index is 1160. The van der Waals surface area contributed by atoms with Gasteiger partial charge in [0, 0.05) is 24.7 Å². The van der Waals surface area contributed by atoms with E-state index in [0.717, 1.165) is 5.69 Å². The van der Waals surface area contributed by atoms with Gasteiger partial charge in [0.15, 0.2) is 0 Å². The first-order valence-corrected chi connectivity index (χ1v) is 17.7. The molecule has 0 fully saturated rings. The van der Waals surface area contributed by atoms with Crippen molar-refractivity contribution in [1.82, 2.24) is 0 Å². The highest BCUT2D eigenvalue weighted by Gasteiger charge is 2.04. The largest absolute Gasteiger partial charge is 0.491 e. The van der Waals surface area contributed by atoms with Crippen molar-refractivity contribution < 1.29 is 66.6 Å². The van der Waals surface area contributed by atoms with Gasteiger partial charge in [-0.05, 0) is 36.4 Å². The molecular weight excluding hydrogens is 700 g/mol. The number of hydrogen-bond donors (Lipinski definition) is 1. The molecule has 0 saturated carbocycles. The van der Waals surface area contributed by atoms with E-state index >= 15 is 0 Å². The summed E-state index contributed by atoms with van der Waals surface area (Å²) >= 11 is 0. The number of nitro groups is 1. The van der Waals surface area contributed by atoms with Crippen LogP contribution in [0, 0.1) is 10.1 Å². The van der Waals surface area contributed by atoms with E-state index in [1.165, 1.54) is 19.1 Å². The van der Waals surface area contributed by atoms with Crippen molar-refractivity contribution in [1.29, 1.82) is 0 Å². The maximum absolute atomic E-state index is 11.0. The molecule has 0 aromatic heterocycles. The molecule has 0 aliphatic heterocycles. The average Bonchev–Trinajstić information content (AvgIpc) is 3.15. The van der Waals surface area contributed by atoms with Gasteiger partial charge in [0.1, 0.15) is 24.7 Å². The lowest BCUT2D eigenvalue weighted by Crippen LogP contribution is -2.15. The molecular formula is C36H56N2O15. The van der Waals surface area contributed by atoms with E-state index in [1.54, 1.807) is 36.4 Å². The summed E-state index contributed by atoms with van der Waals surface area (Å²) in [7, 11) is 0. The van der Waals surface area contributed by atoms with Gasteiger partial charge >= 0.3 is 0 Å². The minimum Gasteiger partial charge on any atom is -0.491 e. The quantitative estimate of drug-likeness (QED) is 0.0602. The summed E-state index contributed by atoms with van der Waals surface area (Å²) in [5.41, 5.74) is 0.747. The smallest absolute Gasteiger partial charge is 0.269 e. The van der Waals surface area contributed by atoms with Gasteiger partial charge in [0.2, 0.25) is 5.91 Å². The SMILES string of the molecule is CC(=O)Nc1ccc(OCCOCCOCCOCCOCCOCCOCCOCCOCCOCCOCCOc2ccc([N+](=O)[O-])cc2)cc1. The van der Waals surface area contributed by atoms with Crippen LogP contribution in [0.2, 0.25) is 0 Å². The molecule has 0 heterocycles. The zero-order valence-electron chi connectivity index (χ0n) is 30.7. The van der Waals surface area contributed by atoms with Crippen molar-refractivity contribution in [3.63, 3.8) is 0 Å². The number of anilines is 1. The summed E-state index contributed by atoms with van der Waals surface area (Å²) in [6.07, 6.45) is 0. The number of benzene rings is 2. The summed E-state index contributed by atoms with van der Waals surface area (Å²) in [6.45, 7) is 11.5. The summed E-state index contributed by atoms with van der Waals surface area (Å²) < 4.78 is 65.8. The molecule has 1 N–H and O–H groups in total. The lowest BCUT2D eigenvalue weighted by atomic mass is 10.3. The lowest BCUT2D eigenvalue weighted by molar-refractivity contribution is -0.384. The van der Waals surface area contributed by atoms with Crippen molar-refractivity contribution in [2.75, 3.05) is 151 Å². The minimum atomic E-state index is -0.454. The van der Waals surface area contributed by atoms with Crippen LogP contribution in [0.15, 0.2) is 48.5 Å². The number of ether oxygens (including phenoxy) is 12. The Morgan fingerprint density at radius 3 is 0.943 bits per heavy atom. The number of nitrogens with zero attached hydrogens (tertiary/aromatic N) is 1. The average molecular weight is 757 g/mol. The Morgan fingerprint density at radius 1 is 0.453 bits per heavy atom. The first kappa shape index (κ1) is 45.7. The Kier molecular flexibility index (Phi) is 28.5. The number of hydrogen-bond acceptors (Lipinski definition) is 15. The van der Waals surface area contributed by atoms with E-state index in [0.29, 0.717) is 157 Å². The summed E-state index contributed by atoms with van der Waals surface area (Å²) in [4.78, 5) is 21.2. The van der Waals surface area contributed by atoms with E-state index in [2.05, 4.69) is 5.32 Å². The fraction of sp³-hybridized carbons (Fsp3) is 0.639. The molecule has 2 aromatic rings. The second-order valence-corrected chi connectivity index (χ2v) is 10.8. The molecule has 300 valence electrons. The van der Waals surface area contributed by atoms with Gasteiger partial charge in [-0.2, -0.15) is 0 Å². The Labute approximate surface area is 311 Å². The van der Waals surface area contributed by atoms with Crippen LogP contribution in [0.3, 0.4) is 0 Å². The molecule has 0 aliphatic rings. The van der Waals surface area contributed by atoms with E-state index in [9.17, 15) is 14.9 Å². The molecule has 2 rings (SSSR count). The van der Waals surface area contributed by atoms with Crippen LogP contribution in [-0.2, 0) is 52.2 Å². The molecule has 0 atom stereocenters. The van der Waals surface area contributed by atoms with Crippen molar-refractivity contribution in [2.45, 2.75) is 6.92 Å². The van der Waals surface area contributed by atoms with Crippen LogP contribution in [0.5, 0.6) is 11.5 Å². The van der Waals surface area contributed by atoms with Gasteiger partial charge in [0.25, 0.3) is 5.69 Å². The first-order valence-electron chi connectivity index (χ1n) is 17.7. The number of rotatable bonds is 37. The molecule has 2 aromatic carbocycles. The van der Waals surface area contributed by atoms with Crippen LogP contribution < -0.4 is 14.8 Å². The molecule has 0 radical (unpaired) electrons. The summed E-state index contributed by atoms with van der Waals surface area (Å²) in [5.74, 6) is 1.15. The van der Waals surface area contributed by atoms with Crippen LogP contribution in [0.25, 0.3) is 0 Å². The molecule has 17 heteroatoms. The van der Waals surface area contributed by atoms with Gasteiger partial charge in [-0.15, -0.1) is 0 Å². The molecule has 0 unspecified atom stereocenters. The lowest BCUT2D eigenvalue weighted by Gasteiger charge is -2.09. The van der Waals surface area contributed by atoms with Gasteiger partial charge in [-0.3, -0.25) is 14.9 Å². The van der Waals surface area contributed by atoms with Gasteiger partial charge in [-0.1, -0.05) is 0 Å². The Hall–Kier alpha value is -3.49. The molecule has 0 spiro atoms. The van der Waals surface area contributed by atoms with Gasteiger partial charge in [-0.25, -0.2) is 0 Å². The number of carbonyl (C=O) groups excluding carboxylic acids is 1.